The molecule has 0 aliphatic heterocycles. The minimum atomic E-state index is -0.877. The monoisotopic (exact) mass is 454 g/mol. The zero-order chi connectivity index (χ0) is 12.9. The Morgan fingerprint density at radius 3 is 0.905 bits per heavy atom. The van der Waals surface area contributed by atoms with E-state index in [9.17, 15) is 0 Å². The average molecular weight is 453 g/mol. The largest absolute Gasteiger partial charge is 0.358 e. The second-order valence-corrected chi connectivity index (χ2v) is 6.96. The summed E-state index contributed by atoms with van der Waals surface area (Å²) in [5.41, 5.74) is 0. The van der Waals surface area contributed by atoms with Crippen molar-refractivity contribution in [3.63, 3.8) is 0 Å². The maximum atomic E-state index is 2.24. The number of hydrogen-bond acceptors (Lipinski definition) is 0. The first-order valence-corrected chi connectivity index (χ1v) is 7.98. The molecule has 0 bridgehead atoms. The fourth-order valence-corrected chi connectivity index (χ4v) is 4.89. The van der Waals surface area contributed by atoms with Gasteiger partial charge in [-0.25, -0.2) is 0 Å². The Balaban J connectivity index is 0.00000110. The summed E-state index contributed by atoms with van der Waals surface area (Å²) in [5.74, 6) is 0. The van der Waals surface area contributed by atoms with Crippen LogP contribution in [-0.2, 0) is 25.8 Å². The Hall–Kier alpha value is -1.25. The Bertz CT molecular complexity index is 530. The third kappa shape index (κ3) is 4.35. The number of hydrogen-bond donors (Lipinski definition) is 0. The second-order valence-electron chi connectivity index (χ2n) is 4.47. The molecule has 0 saturated heterocycles. The van der Waals surface area contributed by atoms with Crippen LogP contribution >= 0.6 is 0 Å². The van der Waals surface area contributed by atoms with Crippen molar-refractivity contribution >= 4 is 24.4 Å². The van der Waals surface area contributed by atoms with E-state index >= 15 is 0 Å². The van der Waals surface area contributed by atoms with E-state index in [1.54, 1.807) is 0 Å². The SMILES string of the molecule is [CH3-].[Hf].c1ccc([Si](c2ccccc2)c2ccccc2)cc1. The standard InChI is InChI=1S/C18H15Si.CH3.Hf/c1-4-10-16(11-5-1)19(17-12-6-2-7-13-17)18-14-8-3-9-15-18;;/h1-15H;1H3;/q;-1;. The van der Waals surface area contributed by atoms with Crippen LogP contribution in [0.2, 0.25) is 0 Å². The van der Waals surface area contributed by atoms with Gasteiger partial charge < -0.3 is 7.43 Å². The van der Waals surface area contributed by atoms with E-state index in [0.29, 0.717) is 0 Å². The zero-order valence-corrected chi connectivity index (χ0v) is 16.8. The summed E-state index contributed by atoms with van der Waals surface area (Å²) < 4.78 is 0. The number of benzene rings is 3. The van der Waals surface area contributed by atoms with Crippen molar-refractivity contribution < 1.29 is 25.8 Å². The minimum absolute atomic E-state index is 0. The quantitative estimate of drug-likeness (QED) is 0.325. The fraction of sp³-hybridized carbons (Fsp3) is 0. The molecule has 0 heterocycles. The maximum absolute atomic E-state index is 2.24. The van der Waals surface area contributed by atoms with Gasteiger partial charge in [0.25, 0.3) is 0 Å². The van der Waals surface area contributed by atoms with Crippen molar-refractivity contribution in [1.29, 1.82) is 0 Å². The molecular weight excluding hydrogens is 435 g/mol. The van der Waals surface area contributed by atoms with Crippen LogP contribution in [0.4, 0.5) is 0 Å². The molecule has 2 heteroatoms. The Morgan fingerprint density at radius 1 is 0.429 bits per heavy atom. The van der Waals surface area contributed by atoms with Gasteiger partial charge >= 0.3 is 0 Å². The average Bonchev–Trinajstić information content (AvgIpc) is 2.51. The first kappa shape index (κ1) is 17.8. The van der Waals surface area contributed by atoms with Gasteiger partial charge in [0.15, 0.2) is 8.80 Å². The molecule has 0 atom stereocenters. The van der Waals surface area contributed by atoms with Crippen LogP contribution in [0, 0.1) is 7.43 Å². The summed E-state index contributed by atoms with van der Waals surface area (Å²) in [5, 5.41) is 4.31. The third-order valence-electron chi connectivity index (χ3n) is 3.19. The molecule has 0 fully saturated rings. The molecule has 3 aromatic rings. The van der Waals surface area contributed by atoms with E-state index in [0.717, 1.165) is 0 Å². The van der Waals surface area contributed by atoms with Crippen LogP contribution in [0.1, 0.15) is 0 Å². The van der Waals surface area contributed by atoms with E-state index in [2.05, 4.69) is 91.0 Å². The summed E-state index contributed by atoms with van der Waals surface area (Å²) in [6, 6.07) is 32.5. The molecule has 0 aromatic heterocycles. The van der Waals surface area contributed by atoms with E-state index in [4.69, 9.17) is 0 Å². The molecular formula is C19H18HfSi-. The minimum Gasteiger partial charge on any atom is -0.358 e. The first-order valence-electron chi connectivity index (χ1n) is 6.48. The normalized spacial score (nSPS) is 9.57. The summed E-state index contributed by atoms with van der Waals surface area (Å²) in [6.45, 7) is 0. The van der Waals surface area contributed by atoms with Crippen molar-refractivity contribution in [3.8, 4) is 0 Å². The first-order chi connectivity index (χ1) is 9.45. The topological polar surface area (TPSA) is 0 Å². The predicted octanol–water partition coefficient (Wildman–Crippen LogP) is 2.65. The molecule has 0 amide bonds. The van der Waals surface area contributed by atoms with Crippen molar-refractivity contribution in [2.75, 3.05) is 0 Å². The zero-order valence-electron chi connectivity index (χ0n) is 12.2. The van der Waals surface area contributed by atoms with Crippen LogP contribution in [-0.4, -0.2) is 8.80 Å². The molecule has 0 N–H and O–H groups in total. The molecule has 103 valence electrons. The van der Waals surface area contributed by atoms with Gasteiger partial charge in [0, 0.05) is 25.8 Å². The molecule has 0 saturated carbocycles. The molecule has 0 aliphatic rings. The second kappa shape index (κ2) is 8.91. The molecule has 3 rings (SSSR count). The molecule has 3 aromatic carbocycles. The van der Waals surface area contributed by atoms with Gasteiger partial charge in [0.1, 0.15) is 0 Å². The van der Waals surface area contributed by atoms with Gasteiger partial charge in [0.2, 0.25) is 0 Å². The van der Waals surface area contributed by atoms with Gasteiger partial charge in [-0.2, -0.15) is 0 Å². The van der Waals surface area contributed by atoms with Crippen LogP contribution in [0.15, 0.2) is 91.0 Å². The van der Waals surface area contributed by atoms with Crippen LogP contribution in [0.3, 0.4) is 0 Å². The maximum Gasteiger partial charge on any atom is 0.154 e. The molecule has 1 radical (unpaired) electrons. The Labute approximate surface area is 148 Å². The van der Waals surface area contributed by atoms with Crippen LogP contribution < -0.4 is 15.6 Å². The van der Waals surface area contributed by atoms with Crippen molar-refractivity contribution in [3.05, 3.63) is 98.4 Å². The van der Waals surface area contributed by atoms with E-state index in [-0.39, 0.29) is 33.3 Å². The van der Waals surface area contributed by atoms with Gasteiger partial charge in [-0.3, -0.25) is 0 Å². The van der Waals surface area contributed by atoms with Gasteiger partial charge in [0.05, 0.1) is 0 Å². The van der Waals surface area contributed by atoms with Gasteiger partial charge in [-0.15, -0.1) is 0 Å². The summed E-state index contributed by atoms with van der Waals surface area (Å²) in [7, 11) is -0.877. The molecule has 0 spiro atoms. The van der Waals surface area contributed by atoms with Crippen LogP contribution in [0.5, 0.6) is 0 Å². The Morgan fingerprint density at radius 2 is 0.667 bits per heavy atom. The van der Waals surface area contributed by atoms with E-state index in [1.165, 1.54) is 15.6 Å². The summed E-state index contributed by atoms with van der Waals surface area (Å²) in [6.07, 6.45) is 0. The third-order valence-corrected chi connectivity index (χ3v) is 5.92. The predicted molar refractivity (Wildman–Crippen MR) is 90.4 cm³/mol. The summed E-state index contributed by atoms with van der Waals surface area (Å²) >= 11 is 0. The van der Waals surface area contributed by atoms with Crippen LogP contribution in [0.25, 0.3) is 0 Å². The molecule has 0 aliphatic carbocycles. The molecule has 0 unspecified atom stereocenters. The van der Waals surface area contributed by atoms with Crippen molar-refractivity contribution in [2.24, 2.45) is 0 Å². The van der Waals surface area contributed by atoms with Gasteiger partial charge in [-0.1, -0.05) is 107 Å². The van der Waals surface area contributed by atoms with E-state index in [1.807, 2.05) is 0 Å². The van der Waals surface area contributed by atoms with E-state index < -0.39 is 8.80 Å². The molecule has 0 nitrogen and oxygen atoms in total. The smallest absolute Gasteiger partial charge is 0.154 e. The molecule has 21 heavy (non-hydrogen) atoms. The number of rotatable bonds is 3. The van der Waals surface area contributed by atoms with Crippen molar-refractivity contribution in [1.82, 2.24) is 0 Å². The van der Waals surface area contributed by atoms with Crippen molar-refractivity contribution in [2.45, 2.75) is 0 Å². The summed E-state index contributed by atoms with van der Waals surface area (Å²) in [4.78, 5) is 0. The fourth-order valence-electron chi connectivity index (χ4n) is 2.31. The van der Waals surface area contributed by atoms with Gasteiger partial charge in [-0.05, 0) is 0 Å². The Kier molecular flexibility index (Phi) is 7.55.